The van der Waals surface area contributed by atoms with E-state index in [1.165, 1.54) is 395 Å². The molecule has 0 aliphatic heterocycles. The number of hydrogen-bond acceptors (Lipinski definition) is 2. The average Bonchev–Trinajstić information content (AvgIpc) is 2.10. The van der Waals surface area contributed by atoms with Gasteiger partial charge in [-0.25, -0.2) is 0 Å². The van der Waals surface area contributed by atoms with E-state index in [0.717, 1.165) is 56.3 Å². The summed E-state index contributed by atoms with van der Waals surface area (Å²) < 4.78 is 0. The SMILES string of the molecule is CCCCCCCCCCCCCCCCCCCCCCC/C=C/CCc1ccccc1N=C(CCCC)C(CCCCCCCCCCCCCCC)=Nc1ccccc1CC/C=C/CCCCCCCCCCCCCCCCCCCCCCC. The number of hydrogen-bond donors (Lipinski definition) is 0. The van der Waals surface area contributed by atoms with E-state index in [1.54, 1.807) is 0 Å². The van der Waals surface area contributed by atoms with Crippen LogP contribution >= 0.6 is 0 Å². The third-order valence-corrected chi connectivity index (χ3v) is 19.6. The van der Waals surface area contributed by atoms with E-state index in [2.05, 4.69) is 101 Å². The van der Waals surface area contributed by atoms with Crippen molar-refractivity contribution >= 4 is 22.8 Å². The maximum absolute atomic E-state index is 5.66. The van der Waals surface area contributed by atoms with E-state index in [9.17, 15) is 0 Å². The fourth-order valence-electron chi connectivity index (χ4n) is 13.5. The topological polar surface area (TPSA) is 24.7 Å². The van der Waals surface area contributed by atoms with E-state index in [0.29, 0.717) is 0 Å². The predicted molar refractivity (Wildman–Crippen MR) is 406 cm³/mol. The largest absolute Gasteiger partial charge is 0.251 e. The molecular weight excluding hydrogens is 1070 g/mol. The molecule has 0 amide bonds. The molecule has 2 aromatic rings. The van der Waals surface area contributed by atoms with Crippen LogP contribution in [-0.2, 0) is 12.8 Å². The molecule has 0 radical (unpaired) electrons. The molecule has 0 atom stereocenters. The molecule has 0 aliphatic carbocycles. The molecule has 0 N–H and O–H groups in total. The third kappa shape index (κ3) is 54.4. The van der Waals surface area contributed by atoms with Crippen molar-refractivity contribution in [2.75, 3.05) is 0 Å². The van der Waals surface area contributed by atoms with Gasteiger partial charge >= 0.3 is 0 Å². The van der Waals surface area contributed by atoms with Crippen LogP contribution in [-0.4, -0.2) is 11.4 Å². The van der Waals surface area contributed by atoms with Gasteiger partial charge in [0.05, 0.1) is 22.8 Å². The molecular formula is C87H154N2. The first kappa shape index (κ1) is 82.4. The van der Waals surface area contributed by atoms with Gasteiger partial charge in [-0.2, -0.15) is 0 Å². The van der Waals surface area contributed by atoms with Crippen molar-refractivity contribution in [2.45, 2.75) is 445 Å². The molecule has 0 spiro atoms. The lowest BCUT2D eigenvalue weighted by molar-refractivity contribution is 0.520. The smallest absolute Gasteiger partial charge is 0.0665 e. The first-order valence-corrected chi connectivity index (χ1v) is 40.8. The monoisotopic (exact) mass is 1230 g/mol. The normalized spacial score (nSPS) is 12.3. The van der Waals surface area contributed by atoms with Gasteiger partial charge in [0.1, 0.15) is 0 Å². The van der Waals surface area contributed by atoms with Gasteiger partial charge in [-0.3, -0.25) is 9.98 Å². The first-order valence-electron chi connectivity index (χ1n) is 40.8. The molecule has 0 aromatic heterocycles. The predicted octanol–water partition coefficient (Wildman–Crippen LogP) is 31.4. The molecule has 0 saturated heterocycles. The zero-order chi connectivity index (χ0) is 63.3. The van der Waals surface area contributed by atoms with Crippen LogP contribution in [0.1, 0.15) is 443 Å². The summed E-state index contributed by atoms with van der Waals surface area (Å²) in [4.78, 5) is 11.3. The third-order valence-electron chi connectivity index (χ3n) is 19.6. The Bertz CT molecular complexity index is 1860. The summed E-state index contributed by atoms with van der Waals surface area (Å²) in [6.45, 7) is 9.28. The number of unbranched alkanes of at least 4 members (excludes halogenated alkanes) is 55. The molecule has 2 nitrogen and oxygen atoms in total. The molecule has 0 heterocycles. The van der Waals surface area contributed by atoms with Crippen molar-refractivity contribution in [3.8, 4) is 0 Å². The van der Waals surface area contributed by atoms with Crippen LogP contribution in [0.25, 0.3) is 0 Å². The van der Waals surface area contributed by atoms with Crippen molar-refractivity contribution in [3.63, 3.8) is 0 Å². The summed E-state index contributed by atoms with van der Waals surface area (Å²) in [5.41, 5.74) is 7.53. The Hall–Kier alpha value is -2.74. The molecule has 0 fully saturated rings. The van der Waals surface area contributed by atoms with E-state index in [1.807, 2.05) is 0 Å². The van der Waals surface area contributed by atoms with Gasteiger partial charge in [0.2, 0.25) is 0 Å². The number of aryl methyl sites for hydroxylation is 2. The summed E-state index contributed by atoms with van der Waals surface area (Å²) in [7, 11) is 0. The highest BCUT2D eigenvalue weighted by atomic mass is 14.8. The highest BCUT2D eigenvalue weighted by molar-refractivity contribution is 6.43. The number of benzene rings is 2. The number of rotatable bonds is 70. The van der Waals surface area contributed by atoms with Crippen molar-refractivity contribution in [3.05, 3.63) is 84.0 Å². The second-order valence-electron chi connectivity index (χ2n) is 28.2. The molecule has 2 aromatic carbocycles. The summed E-state index contributed by atoms with van der Waals surface area (Å²) >= 11 is 0. The van der Waals surface area contributed by atoms with Crippen LogP contribution in [0.15, 0.2) is 82.8 Å². The Balaban J connectivity index is 1.82. The van der Waals surface area contributed by atoms with Gasteiger partial charge in [0.15, 0.2) is 0 Å². The zero-order valence-electron chi connectivity index (χ0n) is 60.8. The zero-order valence-corrected chi connectivity index (χ0v) is 60.8. The lowest BCUT2D eigenvalue weighted by Crippen LogP contribution is -2.15. The minimum absolute atomic E-state index is 0.992. The van der Waals surface area contributed by atoms with Crippen molar-refractivity contribution in [1.82, 2.24) is 0 Å². The molecule has 0 bridgehead atoms. The van der Waals surface area contributed by atoms with Gasteiger partial charge in [-0.15, -0.1) is 0 Å². The molecule has 0 saturated carbocycles. The Morgan fingerprint density at radius 3 is 0.685 bits per heavy atom. The standard InChI is InChI=1S/C87H154N2/c1-5-9-13-16-19-22-25-28-30-32-34-36-38-40-42-44-46-48-50-53-55-58-61-64-67-74-82-76-70-72-79-84(82)88-86(78-12-8-4)87(81-69-66-63-60-57-52-27-24-21-18-15-11-7-3)89-85-80-73-71-77-83(85)75-68-65-62-59-56-54-51-49-47-45-43-41-39-37-35-33-31-29-26-23-20-17-14-10-6-2/h61-62,64-65,70-73,76-77,79-80H,5-60,63,66-69,74-75,78,81H2,1-4H3/b64-61+,65-62+,88-86?,89-87?. The number of nitrogens with zero attached hydrogens (tertiary/aromatic N) is 2. The Labute approximate surface area is 558 Å². The average molecular weight is 1230 g/mol. The molecule has 2 rings (SSSR count). The molecule has 89 heavy (non-hydrogen) atoms. The number of para-hydroxylation sites is 2. The van der Waals surface area contributed by atoms with Gasteiger partial charge in [-0.1, -0.05) is 429 Å². The Morgan fingerprint density at radius 2 is 0.427 bits per heavy atom. The van der Waals surface area contributed by atoms with Gasteiger partial charge in [0, 0.05) is 0 Å². The number of allylic oxidation sites excluding steroid dienone is 4. The van der Waals surface area contributed by atoms with Crippen molar-refractivity contribution in [1.29, 1.82) is 0 Å². The summed E-state index contributed by atoms with van der Waals surface area (Å²) in [5.74, 6) is 0. The van der Waals surface area contributed by atoms with Gasteiger partial charge < -0.3 is 0 Å². The maximum Gasteiger partial charge on any atom is 0.0665 e. The van der Waals surface area contributed by atoms with Crippen molar-refractivity contribution in [2.24, 2.45) is 9.98 Å². The lowest BCUT2D eigenvalue weighted by atomic mass is 9.99. The Kier molecular flexibility index (Phi) is 63.0. The fraction of sp³-hybridized carbons (Fsp3) is 0.793. The van der Waals surface area contributed by atoms with Gasteiger partial charge in [0.25, 0.3) is 0 Å². The molecule has 0 unspecified atom stereocenters. The summed E-state index contributed by atoms with van der Waals surface area (Å²) in [5, 5.41) is 0. The van der Waals surface area contributed by atoms with Crippen LogP contribution in [0.4, 0.5) is 11.4 Å². The minimum Gasteiger partial charge on any atom is -0.251 e. The second kappa shape index (κ2) is 68.1. The highest BCUT2D eigenvalue weighted by Crippen LogP contribution is 2.27. The van der Waals surface area contributed by atoms with Gasteiger partial charge in [-0.05, 0) is 100 Å². The number of aliphatic imine (C=N–C) groups is 2. The minimum atomic E-state index is 0.992. The molecule has 512 valence electrons. The summed E-state index contributed by atoms with van der Waals surface area (Å²) in [6, 6.07) is 18.1. The summed E-state index contributed by atoms with van der Waals surface area (Å²) in [6.07, 6.45) is 99.3. The van der Waals surface area contributed by atoms with Crippen LogP contribution < -0.4 is 0 Å². The van der Waals surface area contributed by atoms with Crippen molar-refractivity contribution < 1.29 is 0 Å². The Morgan fingerprint density at radius 1 is 0.225 bits per heavy atom. The fourth-order valence-corrected chi connectivity index (χ4v) is 13.5. The maximum atomic E-state index is 5.66. The van der Waals surface area contributed by atoms with E-state index < -0.39 is 0 Å². The quantitative estimate of drug-likeness (QED) is 0.0358. The van der Waals surface area contributed by atoms with E-state index in [4.69, 9.17) is 9.98 Å². The highest BCUT2D eigenvalue weighted by Gasteiger charge is 2.14. The first-order chi connectivity index (χ1) is 44.2. The second-order valence-corrected chi connectivity index (χ2v) is 28.2. The molecule has 2 heteroatoms. The van der Waals surface area contributed by atoms with Crippen LogP contribution in [0.3, 0.4) is 0 Å². The van der Waals surface area contributed by atoms with E-state index >= 15 is 0 Å². The van der Waals surface area contributed by atoms with E-state index in [-0.39, 0.29) is 0 Å². The lowest BCUT2D eigenvalue weighted by Gasteiger charge is -2.14. The van der Waals surface area contributed by atoms with Crippen LogP contribution in [0.2, 0.25) is 0 Å². The van der Waals surface area contributed by atoms with Crippen LogP contribution in [0, 0.1) is 0 Å². The van der Waals surface area contributed by atoms with Crippen LogP contribution in [0.5, 0.6) is 0 Å². The molecule has 0 aliphatic rings.